The maximum Gasteiger partial charge on any atom is 0.235 e. The summed E-state index contributed by atoms with van der Waals surface area (Å²) in [6.45, 7) is 1.62. The zero-order valence-electron chi connectivity index (χ0n) is 9.40. The lowest BCUT2D eigenvalue weighted by molar-refractivity contribution is -0.120. The van der Waals surface area contributed by atoms with Crippen LogP contribution in [0.5, 0.6) is 0 Å². The van der Waals surface area contributed by atoms with E-state index in [1.165, 1.54) is 0 Å². The fourth-order valence-electron chi connectivity index (χ4n) is 1.30. The number of nitrogens with one attached hydrogen (secondary N) is 2. The summed E-state index contributed by atoms with van der Waals surface area (Å²) in [7, 11) is -3.47. The second kappa shape index (κ2) is 5.60. The third-order valence-corrected chi connectivity index (χ3v) is 4.48. The van der Waals surface area contributed by atoms with Gasteiger partial charge in [-0.1, -0.05) is 6.92 Å². The molecule has 1 aliphatic carbocycles. The SMILES string of the molecule is CCC(CN)S(=O)(=O)NCC(=O)NC1CC1. The molecule has 0 spiro atoms. The minimum absolute atomic E-state index is 0.0656. The highest BCUT2D eigenvalue weighted by Crippen LogP contribution is 2.18. The van der Waals surface area contributed by atoms with Crippen LogP contribution in [0.15, 0.2) is 0 Å². The number of amides is 1. The maximum atomic E-state index is 11.6. The van der Waals surface area contributed by atoms with Gasteiger partial charge in [-0.15, -0.1) is 0 Å². The lowest BCUT2D eigenvalue weighted by atomic mass is 10.3. The number of sulfonamides is 1. The summed E-state index contributed by atoms with van der Waals surface area (Å²) in [6.07, 6.45) is 2.41. The predicted molar refractivity (Wildman–Crippen MR) is 61.2 cm³/mol. The van der Waals surface area contributed by atoms with E-state index in [4.69, 9.17) is 5.73 Å². The fraction of sp³-hybridized carbons (Fsp3) is 0.889. The molecule has 1 rings (SSSR count). The number of carbonyl (C=O) groups is 1. The number of hydrogen-bond acceptors (Lipinski definition) is 4. The normalized spacial score (nSPS) is 18.1. The largest absolute Gasteiger partial charge is 0.352 e. The van der Waals surface area contributed by atoms with E-state index in [1.54, 1.807) is 6.92 Å². The summed E-state index contributed by atoms with van der Waals surface area (Å²) in [5, 5.41) is 2.08. The van der Waals surface area contributed by atoms with Crippen LogP contribution in [0, 0.1) is 0 Å². The van der Waals surface area contributed by atoms with Crippen LogP contribution in [0.1, 0.15) is 26.2 Å². The topological polar surface area (TPSA) is 101 Å². The molecule has 6 nitrogen and oxygen atoms in total. The number of nitrogens with two attached hydrogens (primary N) is 1. The number of carbonyl (C=O) groups excluding carboxylic acids is 1. The van der Waals surface area contributed by atoms with Gasteiger partial charge in [0.15, 0.2) is 0 Å². The monoisotopic (exact) mass is 249 g/mol. The van der Waals surface area contributed by atoms with Crippen LogP contribution >= 0.6 is 0 Å². The molecular formula is C9H19N3O3S. The molecule has 1 aliphatic rings. The van der Waals surface area contributed by atoms with Gasteiger partial charge >= 0.3 is 0 Å². The Hall–Kier alpha value is -0.660. The Morgan fingerprint density at radius 2 is 2.12 bits per heavy atom. The Morgan fingerprint density at radius 1 is 1.50 bits per heavy atom. The molecule has 1 saturated carbocycles. The molecule has 16 heavy (non-hydrogen) atoms. The van der Waals surface area contributed by atoms with Gasteiger partial charge in [-0.05, 0) is 19.3 Å². The van der Waals surface area contributed by atoms with E-state index >= 15 is 0 Å². The second-order valence-electron chi connectivity index (χ2n) is 3.97. The van der Waals surface area contributed by atoms with E-state index in [1.807, 2.05) is 0 Å². The van der Waals surface area contributed by atoms with Crippen LogP contribution in [-0.2, 0) is 14.8 Å². The van der Waals surface area contributed by atoms with Crippen molar-refractivity contribution in [1.82, 2.24) is 10.0 Å². The molecule has 0 saturated heterocycles. The molecule has 0 heterocycles. The third kappa shape index (κ3) is 4.07. The Kier molecular flexibility index (Phi) is 4.69. The number of rotatable bonds is 7. The average molecular weight is 249 g/mol. The number of hydrogen-bond donors (Lipinski definition) is 3. The second-order valence-corrected chi connectivity index (χ2v) is 6.02. The van der Waals surface area contributed by atoms with Crippen molar-refractivity contribution in [3.05, 3.63) is 0 Å². The van der Waals surface area contributed by atoms with Crippen LogP contribution in [0.25, 0.3) is 0 Å². The lowest BCUT2D eigenvalue weighted by Crippen LogP contribution is -2.43. The first kappa shape index (κ1) is 13.4. The van der Waals surface area contributed by atoms with E-state index in [0.717, 1.165) is 12.8 Å². The Morgan fingerprint density at radius 3 is 2.56 bits per heavy atom. The van der Waals surface area contributed by atoms with E-state index in [9.17, 15) is 13.2 Å². The summed E-state index contributed by atoms with van der Waals surface area (Å²) < 4.78 is 25.5. The molecule has 94 valence electrons. The summed E-state index contributed by atoms with van der Waals surface area (Å²) in [5.41, 5.74) is 5.35. The van der Waals surface area contributed by atoms with Crippen LogP contribution in [0.3, 0.4) is 0 Å². The van der Waals surface area contributed by atoms with Crippen molar-refractivity contribution in [2.75, 3.05) is 13.1 Å². The van der Waals surface area contributed by atoms with Gasteiger partial charge in [0.25, 0.3) is 0 Å². The molecule has 0 aliphatic heterocycles. The summed E-state index contributed by atoms with van der Waals surface area (Å²) in [6, 6.07) is 0.244. The highest BCUT2D eigenvalue weighted by molar-refractivity contribution is 7.90. The third-order valence-electron chi connectivity index (χ3n) is 2.53. The molecular weight excluding hydrogens is 230 g/mol. The van der Waals surface area contributed by atoms with Gasteiger partial charge in [0.1, 0.15) is 0 Å². The van der Waals surface area contributed by atoms with Gasteiger partial charge in [0.2, 0.25) is 15.9 Å². The zero-order valence-corrected chi connectivity index (χ0v) is 10.2. The highest BCUT2D eigenvalue weighted by atomic mass is 32.2. The van der Waals surface area contributed by atoms with Gasteiger partial charge in [-0.25, -0.2) is 13.1 Å². The molecule has 0 radical (unpaired) electrons. The maximum absolute atomic E-state index is 11.6. The molecule has 4 N–H and O–H groups in total. The standard InChI is InChI=1S/C9H19N3O3S/c1-2-8(5-10)16(14,15)11-6-9(13)12-7-3-4-7/h7-8,11H,2-6,10H2,1H3,(H,12,13). The highest BCUT2D eigenvalue weighted by Gasteiger charge is 2.25. The average Bonchev–Trinajstić information content (AvgIpc) is 3.00. The molecule has 0 aromatic rings. The molecule has 1 amide bonds. The molecule has 0 bridgehead atoms. The molecule has 1 unspecified atom stereocenters. The van der Waals surface area contributed by atoms with E-state index < -0.39 is 15.3 Å². The van der Waals surface area contributed by atoms with Crippen LogP contribution in [0.2, 0.25) is 0 Å². The van der Waals surface area contributed by atoms with Gasteiger partial charge in [0, 0.05) is 12.6 Å². The minimum Gasteiger partial charge on any atom is -0.352 e. The predicted octanol–water partition coefficient (Wildman–Crippen LogP) is -1.08. The van der Waals surface area contributed by atoms with Crippen molar-refractivity contribution < 1.29 is 13.2 Å². The summed E-state index contributed by atoms with van der Waals surface area (Å²) >= 11 is 0. The van der Waals surface area contributed by atoms with Gasteiger partial charge in [-0.2, -0.15) is 0 Å². The Labute approximate surface area is 96.0 Å². The van der Waals surface area contributed by atoms with Crippen molar-refractivity contribution in [2.45, 2.75) is 37.5 Å². The van der Waals surface area contributed by atoms with Gasteiger partial charge in [-0.3, -0.25) is 4.79 Å². The van der Waals surface area contributed by atoms with Crippen LogP contribution < -0.4 is 15.8 Å². The van der Waals surface area contributed by atoms with E-state index in [2.05, 4.69) is 10.0 Å². The zero-order chi connectivity index (χ0) is 12.2. The molecule has 1 atom stereocenters. The first-order valence-electron chi connectivity index (χ1n) is 5.47. The lowest BCUT2D eigenvalue weighted by Gasteiger charge is -2.14. The molecule has 7 heteroatoms. The molecule has 0 aromatic carbocycles. The summed E-state index contributed by atoms with van der Waals surface area (Å²) in [4.78, 5) is 11.3. The van der Waals surface area contributed by atoms with Crippen molar-refractivity contribution in [3.8, 4) is 0 Å². The van der Waals surface area contributed by atoms with Crippen LogP contribution in [-0.4, -0.2) is 38.7 Å². The van der Waals surface area contributed by atoms with Crippen LogP contribution in [0.4, 0.5) is 0 Å². The van der Waals surface area contributed by atoms with E-state index in [-0.39, 0.29) is 25.0 Å². The van der Waals surface area contributed by atoms with Crippen molar-refractivity contribution in [3.63, 3.8) is 0 Å². The fourth-order valence-corrected chi connectivity index (χ4v) is 2.56. The quantitative estimate of drug-likeness (QED) is 0.534. The first-order chi connectivity index (χ1) is 7.49. The summed E-state index contributed by atoms with van der Waals surface area (Å²) in [5.74, 6) is -0.280. The minimum atomic E-state index is -3.47. The molecule has 0 aromatic heterocycles. The van der Waals surface area contributed by atoms with Crippen molar-refractivity contribution in [1.29, 1.82) is 0 Å². The smallest absolute Gasteiger partial charge is 0.235 e. The Balaban J connectivity index is 2.36. The van der Waals surface area contributed by atoms with Gasteiger partial charge < -0.3 is 11.1 Å². The van der Waals surface area contributed by atoms with E-state index in [0.29, 0.717) is 6.42 Å². The van der Waals surface area contributed by atoms with Crippen molar-refractivity contribution >= 4 is 15.9 Å². The first-order valence-corrected chi connectivity index (χ1v) is 7.02. The Bertz CT molecular complexity index is 334. The van der Waals surface area contributed by atoms with Crippen molar-refractivity contribution in [2.24, 2.45) is 5.73 Å². The molecule has 1 fully saturated rings. The van der Waals surface area contributed by atoms with Gasteiger partial charge in [0.05, 0.1) is 11.8 Å².